The number of benzene rings is 2. The fourth-order valence-corrected chi connectivity index (χ4v) is 3.00. The van der Waals surface area contributed by atoms with Gasteiger partial charge in [-0.25, -0.2) is 8.78 Å². The lowest BCUT2D eigenvalue weighted by molar-refractivity contribution is 0.0787. The Labute approximate surface area is 145 Å². The molecule has 2 aromatic rings. The molecule has 1 fully saturated rings. The van der Waals surface area contributed by atoms with Crippen LogP contribution in [0.4, 0.5) is 8.78 Å². The van der Waals surface area contributed by atoms with Crippen LogP contribution in [0, 0.1) is 17.6 Å². The number of hydrogen-bond acceptors (Lipinski definition) is 3. The summed E-state index contributed by atoms with van der Waals surface area (Å²) in [6, 6.07) is 10.0. The van der Waals surface area contributed by atoms with E-state index in [2.05, 4.69) is 5.32 Å². The van der Waals surface area contributed by atoms with Crippen LogP contribution in [-0.2, 0) is 0 Å². The molecule has 25 heavy (non-hydrogen) atoms. The predicted molar refractivity (Wildman–Crippen MR) is 90.8 cm³/mol. The zero-order chi connectivity index (χ0) is 17.8. The summed E-state index contributed by atoms with van der Waals surface area (Å²) in [5.74, 6) is -0.739. The molecule has 1 aliphatic heterocycles. The van der Waals surface area contributed by atoms with E-state index in [9.17, 15) is 13.6 Å². The van der Waals surface area contributed by atoms with E-state index in [0.717, 1.165) is 38.2 Å². The maximum absolute atomic E-state index is 13.2. The number of carbonyl (C=O) groups excluding carboxylic acids is 1. The first-order valence-corrected chi connectivity index (χ1v) is 8.23. The van der Waals surface area contributed by atoms with Gasteiger partial charge in [0.1, 0.15) is 11.5 Å². The third-order valence-electron chi connectivity index (χ3n) is 4.29. The summed E-state index contributed by atoms with van der Waals surface area (Å²) in [6.45, 7) is 2.43. The van der Waals surface area contributed by atoms with Crippen LogP contribution >= 0.6 is 0 Å². The molecular formula is C19H20F2N2O2. The smallest absolute Gasteiger partial charge is 0.253 e. The number of nitrogens with one attached hydrogen (secondary N) is 1. The minimum absolute atomic E-state index is 0.00187. The molecule has 0 radical (unpaired) electrons. The minimum Gasteiger partial charge on any atom is -0.457 e. The normalized spacial score (nSPS) is 16.9. The van der Waals surface area contributed by atoms with Gasteiger partial charge in [-0.2, -0.15) is 0 Å². The maximum Gasteiger partial charge on any atom is 0.253 e. The van der Waals surface area contributed by atoms with Crippen molar-refractivity contribution >= 4 is 5.91 Å². The molecule has 6 heteroatoms. The largest absolute Gasteiger partial charge is 0.457 e. The first-order valence-electron chi connectivity index (χ1n) is 8.23. The summed E-state index contributed by atoms with van der Waals surface area (Å²) >= 11 is 0. The second kappa shape index (κ2) is 7.61. The Morgan fingerprint density at radius 1 is 1.16 bits per heavy atom. The molecule has 3 rings (SSSR count). The second-order valence-electron chi connectivity index (χ2n) is 6.17. The van der Waals surface area contributed by atoms with Crippen molar-refractivity contribution in [2.45, 2.75) is 6.42 Å². The van der Waals surface area contributed by atoms with Gasteiger partial charge in [-0.15, -0.1) is 0 Å². The van der Waals surface area contributed by atoms with Gasteiger partial charge < -0.3 is 15.0 Å². The first-order chi connectivity index (χ1) is 12.1. The molecule has 132 valence electrons. The van der Waals surface area contributed by atoms with E-state index in [1.54, 1.807) is 24.3 Å². The first kappa shape index (κ1) is 17.4. The van der Waals surface area contributed by atoms with E-state index < -0.39 is 11.6 Å². The summed E-state index contributed by atoms with van der Waals surface area (Å²) < 4.78 is 31.6. The summed E-state index contributed by atoms with van der Waals surface area (Å²) in [5.41, 5.74) is 0.586. The number of carbonyl (C=O) groups is 1. The highest BCUT2D eigenvalue weighted by Crippen LogP contribution is 2.24. The number of rotatable bonds is 5. The summed E-state index contributed by atoms with van der Waals surface area (Å²) in [7, 11) is 1.91. The third kappa shape index (κ3) is 4.14. The molecule has 0 spiro atoms. The van der Waals surface area contributed by atoms with Crippen molar-refractivity contribution in [3.8, 4) is 11.5 Å². The van der Waals surface area contributed by atoms with Gasteiger partial charge in [0.25, 0.3) is 5.91 Å². The fourth-order valence-electron chi connectivity index (χ4n) is 3.00. The molecule has 1 heterocycles. The molecule has 1 N–H and O–H groups in total. The van der Waals surface area contributed by atoms with E-state index in [4.69, 9.17) is 4.74 Å². The standard InChI is InChI=1S/C19H20F2N2O2/c1-22-11-13-8-9-23(12-13)19(24)14-2-4-15(5-3-14)25-16-6-7-17(20)18(21)10-16/h2-7,10,13,22H,8-9,11-12H2,1H3. The van der Waals surface area contributed by atoms with Gasteiger partial charge in [0.15, 0.2) is 11.6 Å². The van der Waals surface area contributed by atoms with Gasteiger partial charge in [-0.1, -0.05) is 0 Å². The SMILES string of the molecule is CNCC1CCN(C(=O)c2ccc(Oc3ccc(F)c(F)c3)cc2)C1. The summed E-state index contributed by atoms with van der Waals surface area (Å²) in [5, 5.41) is 3.14. The Bertz CT molecular complexity index is 750. The lowest BCUT2D eigenvalue weighted by Crippen LogP contribution is -2.30. The van der Waals surface area contributed by atoms with E-state index in [1.165, 1.54) is 6.07 Å². The highest BCUT2D eigenvalue weighted by Gasteiger charge is 2.26. The van der Waals surface area contributed by atoms with Crippen molar-refractivity contribution in [3.63, 3.8) is 0 Å². The van der Waals surface area contributed by atoms with Crippen molar-refractivity contribution in [1.29, 1.82) is 0 Å². The molecule has 0 aromatic heterocycles. The average molecular weight is 346 g/mol. The lowest BCUT2D eigenvalue weighted by Gasteiger charge is -2.17. The van der Waals surface area contributed by atoms with Gasteiger partial charge in [0.2, 0.25) is 0 Å². The zero-order valence-corrected chi connectivity index (χ0v) is 14.0. The molecule has 2 aromatic carbocycles. The Hall–Kier alpha value is -2.47. The molecule has 1 amide bonds. The Kier molecular flexibility index (Phi) is 5.28. The third-order valence-corrected chi connectivity index (χ3v) is 4.29. The van der Waals surface area contributed by atoms with Crippen LogP contribution in [0.5, 0.6) is 11.5 Å². The van der Waals surface area contributed by atoms with Gasteiger partial charge in [0.05, 0.1) is 0 Å². The van der Waals surface area contributed by atoms with Crippen LogP contribution in [0.25, 0.3) is 0 Å². The number of likely N-dealkylation sites (tertiary alicyclic amines) is 1. The van der Waals surface area contributed by atoms with E-state index in [-0.39, 0.29) is 11.7 Å². The van der Waals surface area contributed by atoms with Crippen molar-refractivity contribution < 1.29 is 18.3 Å². The maximum atomic E-state index is 13.2. The van der Waals surface area contributed by atoms with E-state index >= 15 is 0 Å². The van der Waals surface area contributed by atoms with Crippen LogP contribution in [-0.4, -0.2) is 37.5 Å². The molecule has 0 bridgehead atoms. The van der Waals surface area contributed by atoms with Crippen molar-refractivity contribution in [1.82, 2.24) is 10.2 Å². The van der Waals surface area contributed by atoms with Crippen molar-refractivity contribution in [2.75, 3.05) is 26.7 Å². The van der Waals surface area contributed by atoms with Crippen LogP contribution in [0.1, 0.15) is 16.8 Å². The molecule has 1 atom stereocenters. The zero-order valence-electron chi connectivity index (χ0n) is 14.0. The topological polar surface area (TPSA) is 41.6 Å². The van der Waals surface area contributed by atoms with E-state index in [0.29, 0.717) is 17.2 Å². The second-order valence-corrected chi connectivity index (χ2v) is 6.17. The number of halogens is 2. The molecule has 0 aliphatic carbocycles. The molecular weight excluding hydrogens is 326 g/mol. The van der Waals surface area contributed by atoms with Crippen molar-refractivity contribution in [3.05, 3.63) is 59.7 Å². The fraction of sp³-hybridized carbons (Fsp3) is 0.316. The average Bonchev–Trinajstić information content (AvgIpc) is 3.07. The van der Waals surface area contributed by atoms with Crippen LogP contribution < -0.4 is 10.1 Å². The van der Waals surface area contributed by atoms with Gasteiger partial charge in [0, 0.05) is 24.7 Å². The Balaban J connectivity index is 1.63. The van der Waals surface area contributed by atoms with Crippen molar-refractivity contribution in [2.24, 2.45) is 5.92 Å². The predicted octanol–water partition coefficient (Wildman–Crippen LogP) is 3.44. The van der Waals surface area contributed by atoms with Crippen LogP contribution in [0.15, 0.2) is 42.5 Å². The number of hydrogen-bond donors (Lipinski definition) is 1. The molecule has 4 nitrogen and oxygen atoms in total. The highest BCUT2D eigenvalue weighted by molar-refractivity contribution is 5.94. The monoisotopic (exact) mass is 346 g/mol. The minimum atomic E-state index is -0.963. The summed E-state index contributed by atoms with van der Waals surface area (Å²) in [6.07, 6.45) is 1.00. The number of ether oxygens (including phenoxy) is 1. The van der Waals surface area contributed by atoms with Gasteiger partial charge in [-0.3, -0.25) is 4.79 Å². The Morgan fingerprint density at radius 2 is 1.88 bits per heavy atom. The molecule has 0 saturated carbocycles. The number of amides is 1. The highest BCUT2D eigenvalue weighted by atomic mass is 19.2. The molecule has 1 aliphatic rings. The van der Waals surface area contributed by atoms with Crippen LogP contribution in [0.2, 0.25) is 0 Å². The summed E-state index contributed by atoms with van der Waals surface area (Å²) in [4.78, 5) is 14.4. The number of nitrogens with zero attached hydrogens (tertiary/aromatic N) is 1. The molecule has 1 unspecified atom stereocenters. The van der Waals surface area contributed by atoms with Gasteiger partial charge >= 0.3 is 0 Å². The van der Waals surface area contributed by atoms with Crippen LogP contribution in [0.3, 0.4) is 0 Å². The van der Waals surface area contributed by atoms with Gasteiger partial charge in [-0.05, 0) is 62.3 Å². The molecule has 1 saturated heterocycles. The Morgan fingerprint density at radius 3 is 2.56 bits per heavy atom. The lowest BCUT2D eigenvalue weighted by atomic mass is 10.1. The van der Waals surface area contributed by atoms with E-state index in [1.807, 2.05) is 11.9 Å². The quantitative estimate of drug-likeness (QED) is 0.902.